The summed E-state index contributed by atoms with van der Waals surface area (Å²) in [6, 6.07) is 1.91. The summed E-state index contributed by atoms with van der Waals surface area (Å²) < 4.78 is 0. The Morgan fingerprint density at radius 1 is 1.69 bits per heavy atom. The number of nitrogens with zero attached hydrogens (tertiary/aromatic N) is 2. The van der Waals surface area contributed by atoms with Crippen molar-refractivity contribution in [2.75, 3.05) is 16.8 Å². The molecule has 16 heavy (non-hydrogen) atoms. The molecule has 2 rings (SSSR count). The molecule has 3 nitrogen and oxygen atoms in total. The number of rotatable bonds is 2. The number of pyridine rings is 1. The molecule has 1 saturated heterocycles. The molecule has 0 bridgehead atoms. The average Bonchev–Trinajstić information content (AvgIpc) is 2.64. The van der Waals surface area contributed by atoms with Gasteiger partial charge in [-0.25, -0.2) is 4.98 Å². The molecule has 0 spiro atoms. The number of aromatic nitrogens is 1. The molecule has 0 aliphatic carbocycles. The van der Waals surface area contributed by atoms with Crippen molar-refractivity contribution in [2.45, 2.75) is 13.3 Å². The van der Waals surface area contributed by atoms with Crippen molar-refractivity contribution in [2.24, 2.45) is 5.92 Å². The van der Waals surface area contributed by atoms with E-state index in [4.69, 9.17) is 11.6 Å². The zero-order valence-corrected chi connectivity index (χ0v) is 11.3. The molecule has 0 saturated carbocycles. The minimum atomic E-state index is 0.160. The quantitative estimate of drug-likeness (QED) is 0.622. The van der Waals surface area contributed by atoms with Crippen LogP contribution in [-0.4, -0.2) is 22.8 Å². The van der Waals surface area contributed by atoms with Gasteiger partial charge < -0.3 is 4.90 Å². The van der Waals surface area contributed by atoms with E-state index in [0.29, 0.717) is 17.5 Å². The van der Waals surface area contributed by atoms with Crippen molar-refractivity contribution < 1.29 is 4.79 Å². The summed E-state index contributed by atoms with van der Waals surface area (Å²) in [6.07, 6.45) is 2.26. The lowest BCUT2D eigenvalue weighted by atomic mass is 10.2. The lowest BCUT2D eigenvalue weighted by molar-refractivity contribution is -0.117. The molecule has 0 aromatic carbocycles. The molecule has 1 aromatic rings. The molecular formula is C11H12BrClN2O. The Morgan fingerprint density at radius 2 is 2.44 bits per heavy atom. The number of hydrogen-bond acceptors (Lipinski definition) is 2. The maximum absolute atomic E-state index is 11.8. The van der Waals surface area contributed by atoms with Gasteiger partial charge in [-0.05, 0) is 24.5 Å². The second kappa shape index (κ2) is 4.72. The Kier molecular flexibility index (Phi) is 3.50. The minimum Gasteiger partial charge on any atom is -0.311 e. The van der Waals surface area contributed by atoms with Crippen molar-refractivity contribution in [3.8, 4) is 0 Å². The molecule has 1 atom stereocenters. The van der Waals surface area contributed by atoms with Crippen molar-refractivity contribution >= 4 is 39.1 Å². The normalized spacial score (nSPS) is 20.6. The van der Waals surface area contributed by atoms with Gasteiger partial charge in [-0.15, -0.1) is 0 Å². The second-order valence-electron chi connectivity index (χ2n) is 4.03. The van der Waals surface area contributed by atoms with Crippen LogP contribution in [0.1, 0.15) is 12.0 Å². The Labute approximate surface area is 108 Å². The fourth-order valence-corrected chi connectivity index (χ4v) is 2.36. The average molecular weight is 304 g/mol. The van der Waals surface area contributed by atoms with Gasteiger partial charge in [0, 0.05) is 18.3 Å². The highest BCUT2D eigenvalue weighted by molar-refractivity contribution is 9.09. The number of carbonyl (C=O) groups excluding carboxylic acids is 1. The lowest BCUT2D eigenvalue weighted by Crippen LogP contribution is -2.24. The Bertz CT molecular complexity index is 424. The van der Waals surface area contributed by atoms with Crippen LogP contribution in [0.4, 0.5) is 5.69 Å². The maximum atomic E-state index is 11.8. The molecule has 0 radical (unpaired) electrons. The molecule has 1 unspecified atom stereocenters. The fraction of sp³-hybridized carbons (Fsp3) is 0.455. The highest BCUT2D eigenvalue weighted by atomic mass is 79.9. The first-order valence-electron chi connectivity index (χ1n) is 5.10. The van der Waals surface area contributed by atoms with Crippen LogP contribution in [0.25, 0.3) is 0 Å². The van der Waals surface area contributed by atoms with Gasteiger partial charge in [0.05, 0.1) is 11.9 Å². The van der Waals surface area contributed by atoms with Crippen LogP contribution >= 0.6 is 27.5 Å². The summed E-state index contributed by atoms with van der Waals surface area (Å²) in [7, 11) is 0. The summed E-state index contributed by atoms with van der Waals surface area (Å²) in [6.45, 7) is 2.65. The van der Waals surface area contributed by atoms with Crippen molar-refractivity contribution in [3.63, 3.8) is 0 Å². The van der Waals surface area contributed by atoms with Crippen molar-refractivity contribution in [1.82, 2.24) is 4.98 Å². The van der Waals surface area contributed by atoms with Gasteiger partial charge in [0.1, 0.15) is 5.15 Å². The highest BCUT2D eigenvalue weighted by Crippen LogP contribution is 2.27. The van der Waals surface area contributed by atoms with Gasteiger partial charge in [0.15, 0.2) is 0 Å². The summed E-state index contributed by atoms with van der Waals surface area (Å²) >= 11 is 9.27. The van der Waals surface area contributed by atoms with Crippen molar-refractivity contribution in [3.05, 3.63) is 23.0 Å². The Morgan fingerprint density at radius 3 is 3.00 bits per heavy atom. The largest absolute Gasteiger partial charge is 0.311 e. The van der Waals surface area contributed by atoms with E-state index in [2.05, 4.69) is 20.9 Å². The van der Waals surface area contributed by atoms with E-state index in [0.717, 1.165) is 23.1 Å². The van der Waals surface area contributed by atoms with E-state index in [1.165, 1.54) is 0 Å². The summed E-state index contributed by atoms with van der Waals surface area (Å²) in [5, 5.41) is 1.35. The third kappa shape index (κ3) is 2.23. The van der Waals surface area contributed by atoms with E-state index in [1.54, 1.807) is 11.1 Å². The molecule has 1 amide bonds. The smallest absolute Gasteiger partial charge is 0.227 e. The molecule has 1 aliphatic rings. The first kappa shape index (κ1) is 11.9. The topological polar surface area (TPSA) is 33.2 Å². The molecule has 2 heterocycles. The van der Waals surface area contributed by atoms with E-state index in [-0.39, 0.29) is 5.91 Å². The summed E-state index contributed by atoms with van der Waals surface area (Å²) in [5.41, 5.74) is 1.74. The molecule has 1 aromatic heterocycles. The predicted octanol–water partition coefficient (Wildman–Crippen LogP) is 2.79. The Hall–Kier alpha value is -0.610. The predicted molar refractivity (Wildman–Crippen MR) is 68.2 cm³/mol. The van der Waals surface area contributed by atoms with Crippen LogP contribution in [0.2, 0.25) is 5.15 Å². The van der Waals surface area contributed by atoms with E-state index in [9.17, 15) is 4.79 Å². The van der Waals surface area contributed by atoms with Gasteiger partial charge in [-0.1, -0.05) is 27.5 Å². The number of alkyl halides is 1. The Balaban J connectivity index is 2.24. The van der Waals surface area contributed by atoms with E-state index in [1.807, 2.05) is 13.0 Å². The van der Waals surface area contributed by atoms with Crippen molar-refractivity contribution in [1.29, 1.82) is 0 Å². The third-order valence-electron chi connectivity index (χ3n) is 2.73. The standard InChI is InChI=1S/C11H12BrClN2O/c1-7-2-9(5-14-11(7)13)15-6-8(4-12)3-10(15)16/h2,5,8H,3-4,6H2,1H3. The maximum Gasteiger partial charge on any atom is 0.227 e. The monoisotopic (exact) mass is 302 g/mol. The van der Waals surface area contributed by atoms with Crippen LogP contribution in [-0.2, 0) is 4.79 Å². The number of halogens is 2. The van der Waals surface area contributed by atoms with Gasteiger partial charge in [0.2, 0.25) is 5.91 Å². The van der Waals surface area contributed by atoms with E-state index >= 15 is 0 Å². The number of anilines is 1. The van der Waals surface area contributed by atoms with Gasteiger partial charge in [-0.3, -0.25) is 4.79 Å². The summed E-state index contributed by atoms with van der Waals surface area (Å²) in [4.78, 5) is 17.6. The SMILES string of the molecule is Cc1cc(N2CC(CBr)CC2=O)cnc1Cl. The number of hydrogen-bond donors (Lipinski definition) is 0. The van der Waals surface area contributed by atoms with Gasteiger partial charge in [-0.2, -0.15) is 0 Å². The first-order valence-corrected chi connectivity index (χ1v) is 6.60. The lowest BCUT2D eigenvalue weighted by Gasteiger charge is -2.16. The molecular weight excluding hydrogens is 291 g/mol. The molecule has 1 aliphatic heterocycles. The zero-order valence-electron chi connectivity index (χ0n) is 8.91. The second-order valence-corrected chi connectivity index (χ2v) is 5.04. The highest BCUT2D eigenvalue weighted by Gasteiger charge is 2.30. The van der Waals surface area contributed by atoms with Gasteiger partial charge in [0.25, 0.3) is 0 Å². The number of carbonyl (C=O) groups is 1. The van der Waals surface area contributed by atoms with E-state index < -0.39 is 0 Å². The van der Waals surface area contributed by atoms with Crippen LogP contribution in [0.5, 0.6) is 0 Å². The number of amides is 1. The minimum absolute atomic E-state index is 0.160. The fourth-order valence-electron chi connectivity index (χ4n) is 1.83. The van der Waals surface area contributed by atoms with Crippen LogP contribution < -0.4 is 4.90 Å². The molecule has 5 heteroatoms. The molecule has 1 fully saturated rings. The van der Waals surface area contributed by atoms with Crippen LogP contribution in [0.3, 0.4) is 0 Å². The molecule has 86 valence electrons. The first-order chi connectivity index (χ1) is 7.61. The zero-order chi connectivity index (χ0) is 11.7. The molecule has 0 N–H and O–H groups in total. The van der Waals surface area contributed by atoms with Crippen LogP contribution in [0.15, 0.2) is 12.3 Å². The van der Waals surface area contributed by atoms with Gasteiger partial charge >= 0.3 is 0 Å². The summed E-state index contributed by atoms with van der Waals surface area (Å²) in [5.74, 6) is 0.552. The number of aryl methyl sites for hydroxylation is 1. The third-order valence-corrected chi connectivity index (χ3v) is 4.05. The van der Waals surface area contributed by atoms with Crippen LogP contribution in [0, 0.1) is 12.8 Å².